The van der Waals surface area contributed by atoms with Crippen molar-refractivity contribution >= 4 is 43.1 Å². The standard InChI is InChI=1S/C28H26.2W/c1-27(2,3)21-7-9-23-17(13-21)11-19-15-26-20(16-25(19)23)12-18-14-22(28(4,5)6)8-10-24(18)26;;/h7-10,13-16H,1-6H3;;. The number of fused-ring (bicyclic) bond motifs is 6. The van der Waals surface area contributed by atoms with Gasteiger partial charge in [0.1, 0.15) is 0 Å². The first kappa shape index (κ1) is 20.7. The molecule has 0 amide bonds. The fraction of sp³-hybridized carbons (Fsp3) is 0.286. The summed E-state index contributed by atoms with van der Waals surface area (Å²) in [6.07, 6.45) is 0. The van der Waals surface area contributed by atoms with E-state index >= 15 is 0 Å². The molecular formula is C28H26W2. The predicted molar refractivity (Wildman–Crippen MR) is 123 cm³/mol. The Labute approximate surface area is 199 Å². The molecule has 0 aliphatic rings. The Morgan fingerprint density at radius 1 is 0.433 bits per heavy atom. The molecule has 0 saturated carbocycles. The van der Waals surface area contributed by atoms with Gasteiger partial charge in [0.25, 0.3) is 0 Å². The second kappa shape index (κ2) is 6.64. The second-order valence-electron chi connectivity index (χ2n) is 10.6. The van der Waals surface area contributed by atoms with Crippen LogP contribution < -0.4 is 0 Å². The van der Waals surface area contributed by atoms with Crippen molar-refractivity contribution in [1.82, 2.24) is 0 Å². The summed E-state index contributed by atoms with van der Waals surface area (Å²) in [6, 6.07) is 19.2. The third-order valence-corrected chi connectivity index (χ3v) is 9.65. The van der Waals surface area contributed by atoms with Crippen LogP contribution in [0.4, 0.5) is 0 Å². The van der Waals surface area contributed by atoms with E-state index < -0.39 is 0 Å². The number of benzene rings is 3. The van der Waals surface area contributed by atoms with Crippen LogP contribution in [-0.2, 0) is 49.5 Å². The molecule has 0 aliphatic heterocycles. The van der Waals surface area contributed by atoms with E-state index in [1.54, 1.807) is 38.7 Å². The van der Waals surface area contributed by atoms with Gasteiger partial charge in [-0.3, -0.25) is 0 Å². The molecule has 0 spiro atoms. The van der Waals surface area contributed by atoms with E-state index in [9.17, 15) is 0 Å². The normalized spacial score (nSPS) is 13.3. The van der Waals surface area contributed by atoms with Crippen LogP contribution in [-0.4, -0.2) is 0 Å². The molecule has 0 unspecified atom stereocenters. The minimum absolute atomic E-state index is 0.179. The van der Waals surface area contributed by atoms with Gasteiger partial charge in [0.15, 0.2) is 0 Å². The fourth-order valence-electron chi connectivity index (χ4n) is 4.58. The molecule has 0 saturated heterocycles. The minimum atomic E-state index is 0.179. The zero-order chi connectivity index (χ0) is 21.6. The monoisotopic (exact) mass is 730 g/mol. The third kappa shape index (κ3) is 3.02. The summed E-state index contributed by atoms with van der Waals surface area (Å²) in [4.78, 5) is 0. The van der Waals surface area contributed by atoms with Gasteiger partial charge >= 0.3 is 201 Å². The molecule has 0 bridgehead atoms. The van der Waals surface area contributed by atoms with Crippen LogP contribution in [0.5, 0.6) is 0 Å². The Morgan fingerprint density at radius 2 is 0.767 bits per heavy atom. The van der Waals surface area contributed by atoms with Crippen LogP contribution >= 0.6 is 0 Å². The quantitative estimate of drug-likeness (QED) is 0.152. The summed E-state index contributed by atoms with van der Waals surface area (Å²) < 4.78 is 3.00. The zero-order valence-corrected chi connectivity index (χ0v) is 24.3. The van der Waals surface area contributed by atoms with Gasteiger partial charge in [-0.15, -0.1) is 0 Å². The van der Waals surface area contributed by atoms with Crippen molar-refractivity contribution in [2.75, 3.05) is 0 Å². The molecule has 5 rings (SSSR count). The van der Waals surface area contributed by atoms with Gasteiger partial charge in [-0.1, -0.05) is 0 Å². The van der Waals surface area contributed by atoms with Crippen LogP contribution in [0.15, 0.2) is 48.5 Å². The maximum atomic E-state index is 2.48. The Morgan fingerprint density at radius 3 is 1.10 bits per heavy atom. The molecule has 150 valence electrons. The van der Waals surface area contributed by atoms with Gasteiger partial charge in [0.05, 0.1) is 0 Å². The van der Waals surface area contributed by atoms with E-state index in [1.807, 2.05) is 0 Å². The Bertz CT molecular complexity index is 1460. The van der Waals surface area contributed by atoms with Crippen LogP contribution in [0.3, 0.4) is 0 Å². The van der Waals surface area contributed by atoms with Gasteiger partial charge in [-0.25, -0.2) is 0 Å². The van der Waals surface area contributed by atoms with Crippen LogP contribution in [0.1, 0.15) is 52.7 Å². The molecule has 30 heavy (non-hydrogen) atoms. The Kier molecular flexibility index (Phi) is 4.57. The Balaban J connectivity index is 1.89. The molecule has 0 radical (unpaired) electrons. The van der Waals surface area contributed by atoms with Crippen LogP contribution in [0, 0.1) is 7.09 Å². The van der Waals surface area contributed by atoms with Crippen molar-refractivity contribution in [1.29, 1.82) is 0 Å². The van der Waals surface area contributed by atoms with E-state index in [-0.39, 0.29) is 10.8 Å². The fourth-order valence-corrected chi connectivity index (χ4v) is 7.01. The summed E-state index contributed by atoms with van der Waals surface area (Å²) in [7, 11) is 0. The molecule has 0 N–H and O–H groups in total. The summed E-state index contributed by atoms with van der Waals surface area (Å²) in [6.45, 7) is 13.8. The first-order valence-corrected chi connectivity index (χ1v) is 13.5. The van der Waals surface area contributed by atoms with Gasteiger partial charge in [-0.2, -0.15) is 0 Å². The van der Waals surface area contributed by atoms with Crippen LogP contribution in [0.2, 0.25) is 0 Å². The van der Waals surface area contributed by atoms with Crippen molar-refractivity contribution in [2.45, 2.75) is 52.4 Å². The number of hydrogen-bond acceptors (Lipinski definition) is 0. The topological polar surface area (TPSA) is 0 Å². The van der Waals surface area contributed by atoms with Gasteiger partial charge < -0.3 is 0 Å². The third-order valence-electron chi connectivity index (χ3n) is 6.49. The van der Waals surface area contributed by atoms with E-state index in [0.717, 1.165) is 0 Å². The zero-order valence-electron chi connectivity index (χ0n) is 18.4. The van der Waals surface area contributed by atoms with Crippen molar-refractivity contribution in [3.05, 3.63) is 66.7 Å². The molecule has 5 aromatic rings. The summed E-state index contributed by atoms with van der Waals surface area (Å²) in [5.41, 5.74) is 3.21. The van der Waals surface area contributed by atoms with Gasteiger partial charge in [-0.05, 0) is 0 Å². The molecule has 2 heteroatoms. The summed E-state index contributed by atoms with van der Waals surface area (Å²) in [5, 5.41) is 11.5. The first-order chi connectivity index (χ1) is 14.0. The van der Waals surface area contributed by atoms with Crippen molar-refractivity contribution in [2.24, 2.45) is 0 Å². The maximum absolute atomic E-state index is 2.48. The van der Waals surface area contributed by atoms with E-state index in [1.165, 1.54) is 61.3 Å². The molecule has 0 heterocycles. The van der Waals surface area contributed by atoms with Crippen molar-refractivity contribution in [3.8, 4) is 0 Å². The molecule has 0 aliphatic carbocycles. The molecule has 0 nitrogen and oxygen atoms in total. The van der Waals surface area contributed by atoms with Crippen molar-refractivity contribution < 1.29 is 38.7 Å². The first-order valence-electron chi connectivity index (χ1n) is 10.5. The molecule has 0 aromatic heterocycles. The average Bonchev–Trinajstić information content (AvgIpc) is 3.11. The van der Waals surface area contributed by atoms with Crippen molar-refractivity contribution in [3.63, 3.8) is 0 Å². The average molecular weight is 730 g/mol. The van der Waals surface area contributed by atoms with E-state index in [2.05, 4.69) is 90.1 Å². The van der Waals surface area contributed by atoms with Gasteiger partial charge in [0.2, 0.25) is 0 Å². The van der Waals surface area contributed by atoms with E-state index in [0.29, 0.717) is 0 Å². The number of rotatable bonds is 0. The molecule has 0 atom stereocenters. The molecule has 0 fully saturated rings. The second-order valence-corrected chi connectivity index (χ2v) is 13.6. The summed E-state index contributed by atoms with van der Waals surface area (Å²) >= 11 is 3.12. The predicted octanol–water partition coefficient (Wildman–Crippen LogP) is 7.93. The van der Waals surface area contributed by atoms with Gasteiger partial charge in [0, 0.05) is 0 Å². The summed E-state index contributed by atoms with van der Waals surface area (Å²) in [5.74, 6) is 0. The number of hydrogen-bond donors (Lipinski definition) is 0. The Hall–Kier alpha value is -1.22. The van der Waals surface area contributed by atoms with E-state index in [4.69, 9.17) is 0 Å². The van der Waals surface area contributed by atoms with Crippen LogP contribution in [0.25, 0.3) is 43.1 Å². The molecule has 5 aromatic carbocycles. The SMILES string of the molecule is CC(C)(C)c1ccc2c(c1)[c](=[W])c1cc3c(cc12)[c](=[W])c1cc(C(C)(C)C)ccc13. The molecular weight excluding hydrogens is 704 g/mol.